The molecule has 162 valence electrons. The van der Waals surface area contributed by atoms with Gasteiger partial charge in [-0.1, -0.05) is 48.5 Å². The summed E-state index contributed by atoms with van der Waals surface area (Å²) < 4.78 is 1.88. The molecule has 0 unspecified atom stereocenters. The van der Waals surface area contributed by atoms with Crippen molar-refractivity contribution >= 4 is 43.7 Å². The standard InChI is InChI=1S/C28H19N5O/c1-34-33-21-14-6-5-11-18(21)22(27(33)17-9-3-2-4-10-17)28-31-25-19-12-7-15-29-23(19)24-20(26(25)32-28)13-8-16-30-24/h2-16H,1H3,(H,31,32). The molecule has 6 heteroatoms. The third-order valence-corrected chi connectivity index (χ3v) is 6.37. The van der Waals surface area contributed by atoms with Gasteiger partial charge in [0.15, 0.2) is 0 Å². The van der Waals surface area contributed by atoms with Crippen LogP contribution in [0.15, 0.2) is 91.3 Å². The molecule has 0 saturated heterocycles. The molecule has 0 saturated carbocycles. The Hall–Kier alpha value is -4.71. The lowest BCUT2D eigenvalue weighted by Gasteiger charge is -2.09. The molecule has 4 heterocycles. The van der Waals surface area contributed by atoms with Crippen LogP contribution in [0, 0.1) is 0 Å². The van der Waals surface area contributed by atoms with E-state index in [9.17, 15) is 0 Å². The normalized spacial score (nSPS) is 11.7. The number of H-pyrrole nitrogens is 1. The van der Waals surface area contributed by atoms with E-state index in [-0.39, 0.29) is 0 Å². The lowest BCUT2D eigenvalue weighted by molar-refractivity contribution is 0.183. The maximum absolute atomic E-state index is 5.88. The van der Waals surface area contributed by atoms with Gasteiger partial charge in [0.05, 0.1) is 38.8 Å². The minimum atomic E-state index is 0.780. The minimum absolute atomic E-state index is 0.780. The second-order valence-electron chi connectivity index (χ2n) is 8.19. The summed E-state index contributed by atoms with van der Waals surface area (Å²) in [4.78, 5) is 23.9. The van der Waals surface area contributed by atoms with Crippen molar-refractivity contribution in [3.05, 3.63) is 91.3 Å². The highest BCUT2D eigenvalue weighted by atomic mass is 16.6. The van der Waals surface area contributed by atoms with Crippen molar-refractivity contribution < 1.29 is 4.84 Å². The number of hydrogen-bond donors (Lipinski definition) is 1. The van der Waals surface area contributed by atoms with Crippen molar-refractivity contribution in [2.75, 3.05) is 7.11 Å². The molecular weight excluding hydrogens is 422 g/mol. The Morgan fingerprint density at radius 2 is 1.38 bits per heavy atom. The second-order valence-corrected chi connectivity index (χ2v) is 8.19. The number of benzene rings is 3. The molecule has 0 amide bonds. The topological polar surface area (TPSA) is 68.6 Å². The van der Waals surface area contributed by atoms with E-state index in [1.807, 2.05) is 47.2 Å². The Labute approximate surface area is 194 Å². The van der Waals surface area contributed by atoms with Gasteiger partial charge in [-0.15, -0.1) is 0 Å². The first-order chi connectivity index (χ1) is 16.8. The van der Waals surface area contributed by atoms with Crippen LogP contribution in [0.1, 0.15) is 0 Å². The maximum Gasteiger partial charge on any atom is 0.141 e. The predicted molar refractivity (Wildman–Crippen MR) is 136 cm³/mol. The van der Waals surface area contributed by atoms with Gasteiger partial charge in [0.1, 0.15) is 12.9 Å². The van der Waals surface area contributed by atoms with Crippen LogP contribution < -0.4 is 4.84 Å². The molecular formula is C28H19N5O. The molecule has 0 bridgehead atoms. The molecule has 0 aliphatic heterocycles. The van der Waals surface area contributed by atoms with E-state index in [4.69, 9.17) is 9.82 Å². The Kier molecular flexibility index (Phi) is 3.96. The van der Waals surface area contributed by atoms with Crippen LogP contribution in [0.4, 0.5) is 0 Å². The van der Waals surface area contributed by atoms with Gasteiger partial charge in [-0.2, -0.15) is 4.73 Å². The summed E-state index contributed by atoms with van der Waals surface area (Å²) in [5, 5.41) is 3.04. The molecule has 0 fully saturated rings. The molecule has 1 N–H and O–H groups in total. The second kappa shape index (κ2) is 7.15. The third-order valence-electron chi connectivity index (χ3n) is 6.37. The van der Waals surface area contributed by atoms with Gasteiger partial charge in [-0.05, 0) is 30.3 Å². The fraction of sp³-hybridized carbons (Fsp3) is 0.0357. The predicted octanol–water partition coefficient (Wildman–Crippen LogP) is 6.01. The monoisotopic (exact) mass is 441 g/mol. The highest BCUT2D eigenvalue weighted by molar-refractivity contribution is 6.21. The van der Waals surface area contributed by atoms with E-state index >= 15 is 0 Å². The molecule has 0 atom stereocenters. The Balaban J connectivity index is 1.65. The Morgan fingerprint density at radius 1 is 0.706 bits per heavy atom. The molecule has 7 rings (SSSR count). The number of nitrogens with zero attached hydrogens (tertiary/aromatic N) is 4. The van der Waals surface area contributed by atoms with Crippen LogP contribution in [0.2, 0.25) is 0 Å². The fourth-order valence-electron chi connectivity index (χ4n) is 4.96. The van der Waals surface area contributed by atoms with E-state index in [0.717, 1.165) is 66.4 Å². The fourth-order valence-corrected chi connectivity index (χ4v) is 4.96. The zero-order valence-corrected chi connectivity index (χ0v) is 18.4. The summed E-state index contributed by atoms with van der Waals surface area (Å²) in [7, 11) is 1.69. The first-order valence-corrected chi connectivity index (χ1v) is 11.1. The summed E-state index contributed by atoms with van der Waals surface area (Å²) >= 11 is 0. The van der Waals surface area contributed by atoms with E-state index in [0.29, 0.717) is 0 Å². The molecule has 0 spiro atoms. The van der Waals surface area contributed by atoms with Crippen molar-refractivity contribution in [2.24, 2.45) is 0 Å². The molecule has 34 heavy (non-hydrogen) atoms. The highest BCUT2D eigenvalue weighted by Gasteiger charge is 2.24. The number of nitrogens with one attached hydrogen (secondary N) is 1. The molecule has 0 aliphatic rings. The average molecular weight is 441 g/mol. The molecule has 0 aliphatic carbocycles. The van der Waals surface area contributed by atoms with Gasteiger partial charge in [-0.25, -0.2) is 4.98 Å². The molecule has 3 aromatic carbocycles. The van der Waals surface area contributed by atoms with Crippen LogP contribution in [0.25, 0.3) is 66.4 Å². The van der Waals surface area contributed by atoms with Gasteiger partial charge >= 0.3 is 0 Å². The Bertz CT molecular complexity index is 1780. The number of rotatable bonds is 3. The summed E-state index contributed by atoms with van der Waals surface area (Å²) in [5.41, 5.74) is 7.53. The van der Waals surface area contributed by atoms with Crippen LogP contribution in [-0.4, -0.2) is 31.8 Å². The number of aromatic amines is 1. The van der Waals surface area contributed by atoms with Gasteiger partial charge in [0.2, 0.25) is 0 Å². The van der Waals surface area contributed by atoms with Crippen molar-refractivity contribution in [1.82, 2.24) is 24.7 Å². The smallest absolute Gasteiger partial charge is 0.141 e. The number of para-hydroxylation sites is 1. The maximum atomic E-state index is 5.88. The van der Waals surface area contributed by atoms with E-state index < -0.39 is 0 Å². The number of imidazole rings is 1. The van der Waals surface area contributed by atoms with Gasteiger partial charge in [0.25, 0.3) is 0 Å². The number of fused-ring (bicyclic) bond motifs is 7. The van der Waals surface area contributed by atoms with Gasteiger partial charge < -0.3 is 9.82 Å². The summed E-state index contributed by atoms with van der Waals surface area (Å²) in [5.74, 6) is 0.780. The summed E-state index contributed by atoms with van der Waals surface area (Å²) in [6.45, 7) is 0. The van der Waals surface area contributed by atoms with Gasteiger partial charge in [0, 0.05) is 34.1 Å². The van der Waals surface area contributed by atoms with Crippen molar-refractivity contribution in [1.29, 1.82) is 0 Å². The average Bonchev–Trinajstić information content (AvgIpc) is 3.49. The Morgan fingerprint density at radius 3 is 2.18 bits per heavy atom. The van der Waals surface area contributed by atoms with Crippen molar-refractivity contribution in [3.63, 3.8) is 0 Å². The largest absolute Gasteiger partial charge is 0.416 e. The van der Waals surface area contributed by atoms with Crippen LogP contribution in [0.5, 0.6) is 0 Å². The molecule has 0 radical (unpaired) electrons. The van der Waals surface area contributed by atoms with Crippen LogP contribution in [0.3, 0.4) is 0 Å². The lowest BCUT2D eigenvalue weighted by Crippen LogP contribution is -2.07. The molecule has 6 nitrogen and oxygen atoms in total. The van der Waals surface area contributed by atoms with Crippen molar-refractivity contribution in [3.8, 4) is 22.6 Å². The number of pyridine rings is 2. The van der Waals surface area contributed by atoms with Crippen LogP contribution in [-0.2, 0) is 0 Å². The zero-order valence-electron chi connectivity index (χ0n) is 18.4. The first kappa shape index (κ1) is 18.8. The SMILES string of the molecule is COn1c(-c2ccccc2)c(-c2nc3c4cccnc4c4ncccc4c3[nH]2)c2ccccc21. The highest BCUT2D eigenvalue weighted by Crippen LogP contribution is 2.41. The summed E-state index contributed by atoms with van der Waals surface area (Å²) in [6.07, 6.45) is 3.61. The number of hydrogen-bond acceptors (Lipinski definition) is 4. The third kappa shape index (κ3) is 2.53. The van der Waals surface area contributed by atoms with E-state index in [1.165, 1.54) is 0 Å². The number of aromatic nitrogens is 5. The first-order valence-electron chi connectivity index (χ1n) is 11.1. The van der Waals surface area contributed by atoms with Gasteiger partial charge in [-0.3, -0.25) is 9.97 Å². The quantitative estimate of drug-likeness (QED) is 0.341. The van der Waals surface area contributed by atoms with E-state index in [2.05, 4.69) is 51.4 Å². The molecule has 4 aromatic heterocycles. The van der Waals surface area contributed by atoms with Crippen molar-refractivity contribution in [2.45, 2.75) is 0 Å². The van der Waals surface area contributed by atoms with Crippen LogP contribution >= 0.6 is 0 Å². The minimum Gasteiger partial charge on any atom is -0.416 e. The van der Waals surface area contributed by atoms with E-state index in [1.54, 1.807) is 19.5 Å². The molecule has 7 aromatic rings. The summed E-state index contributed by atoms with van der Waals surface area (Å²) in [6, 6.07) is 26.5. The zero-order chi connectivity index (χ0) is 22.6. The lowest BCUT2D eigenvalue weighted by atomic mass is 10.0.